The molecule has 0 saturated heterocycles. The van der Waals surface area contributed by atoms with Crippen LogP contribution in [0, 0.1) is 11.3 Å². The van der Waals surface area contributed by atoms with Crippen molar-refractivity contribution in [2.24, 2.45) is 5.16 Å². The summed E-state index contributed by atoms with van der Waals surface area (Å²) < 4.78 is 9.59. The standard InChI is InChI=1S/C21H26N4O7/c1-3-4-9-31-21(29)24-15(20(28)30-2)12-23-17(26)10-16-19(27)18(25-32-16)14-7-5-13(11-22)6-8-14/h5-8,15-16,19,27H,3-4,9-10,12H2,1-2H3,(H,23,26)(H,24,29)/t15-,16+,19+/m0/s1. The number of nitrogens with zero attached hydrogens (tertiary/aromatic N) is 2. The fourth-order valence-electron chi connectivity index (χ4n) is 2.80. The first kappa shape index (κ1) is 24.6. The van der Waals surface area contributed by atoms with Crippen molar-refractivity contribution in [2.45, 2.75) is 44.4 Å². The van der Waals surface area contributed by atoms with Gasteiger partial charge in [0.2, 0.25) is 5.91 Å². The minimum absolute atomic E-state index is 0.209. The number of benzene rings is 1. The Balaban J connectivity index is 1.85. The summed E-state index contributed by atoms with van der Waals surface area (Å²) in [5.74, 6) is -1.28. The molecule has 172 valence electrons. The van der Waals surface area contributed by atoms with Crippen LogP contribution >= 0.6 is 0 Å². The number of aliphatic hydroxyl groups is 1. The van der Waals surface area contributed by atoms with E-state index in [9.17, 15) is 19.5 Å². The van der Waals surface area contributed by atoms with E-state index in [0.29, 0.717) is 17.5 Å². The highest BCUT2D eigenvalue weighted by atomic mass is 16.7. The molecular formula is C21H26N4O7. The van der Waals surface area contributed by atoms with Crippen LogP contribution in [0.5, 0.6) is 0 Å². The Labute approximate surface area is 185 Å². The number of hydrogen-bond donors (Lipinski definition) is 3. The Hall–Kier alpha value is -3.65. The number of aliphatic hydroxyl groups excluding tert-OH is 1. The fraction of sp³-hybridized carbons (Fsp3) is 0.476. The molecule has 1 aliphatic rings. The van der Waals surface area contributed by atoms with Crippen LogP contribution in [-0.2, 0) is 23.9 Å². The van der Waals surface area contributed by atoms with Gasteiger partial charge in [-0.3, -0.25) is 4.79 Å². The van der Waals surface area contributed by atoms with Gasteiger partial charge in [0.15, 0.2) is 6.10 Å². The summed E-state index contributed by atoms with van der Waals surface area (Å²) in [5.41, 5.74) is 1.27. The Morgan fingerprint density at radius 1 is 1.31 bits per heavy atom. The Bertz CT molecular complexity index is 879. The lowest BCUT2D eigenvalue weighted by molar-refractivity contribution is -0.143. The molecule has 0 unspecified atom stereocenters. The zero-order valence-electron chi connectivity index (χ0n) is 17.9. The maximum atomic E-state index is 12.3. The lowest BCUT2D eigenvalue weighted by Crippen LogP contribution is -2.49. The second kappa shape index (κ2) is 12.3. The van der Waals surface area contributed by atoms with Crippen molar-refractivity contribution in [1.29, 1.82) is 5.26 Å². The van der Waals surface area contributed by atoms with Gasteiger partial charge >= 0.3 is 12.1 Å². The second-order valence-electron chi connectivity index (χ2n) is 6.97. The molecule has 3 N–H and O–H groups in total. The van der Waals surface area contributed by atoms with E-state index < -0.39 is 36.2 Å². The van der Waals surface area contributed by atoms with Crippen molar-refractivity contribution in [3.8, 4) is 6.07 Å². The fourth-order valence-corrected chi connectivity index (χ4v) is 2.80. The summed E-state index contributed by atoms with van der Waals surface area (Å²) in [6.07, 6.45) is -1.59. The number of hydrogen-bond acceptors (Lipinski definition) is 9. The van der Waals surface area contributed by atoms with Crippen molar-refractivity contribution >= 4 is 23.7 Å². The largest absolute Gasteiger partial charge is 0.467 e. The number of nitrogens with one attached hydrogen (secondary N) is 2. The van der Waals surface area contributed by atoms with Gasteiger partial charge in [-0.1, -0.05) is 30.6 Å². The van der Waals surface area contributed by atoms with Gasteiger partial charge < -0.3 is 30.1 Å². The van der Waals surface area contributed by atoms with Gasteiger partial charge in [0, 0.05) is 12.1 Å². The Morgan fingerprint density at radius 2 is 2.03 bits per heavy atom. The van der Waals surface area contributed by atoms with Crippen LogP contribution in [0.3, 0.4) is 0 Å². The number of ether oxygens (including phenoxy) is 2. The highest BCUT2D eigenvalue weighted by Gasteiger charge is 2.35. The maximum Gasteiger partial charge on any atom is 0.407 e. The van der Waals surface area contributed by atoms with E-state index in [2.05, 4.69) is 20.5 Å². The quantitative estimate of drug-likeness (QED) is 0.348. The van der Waals surface area contributed by atoms with E-state index >= 15 is 0 Å². The molecule has 11 heteroatoms. The lowest BCUT2D eigenvalue weighted by Gasteiger charge is -2.18. The number of esters is 1. The highest BCUT2D eigenvalue weighted by Crippen LogP contribution is 2.20. The minimum Gasteiger partial charge on any atom is -0.467 e. The molecule has 0 saturated carbocycles. The molecule has 2 rings (SSSR count). The SMILES string of the molecule is CCCCOC(=O)N[C@@H](CNC(=O)C[C@H]1ON=C(c2ccc(C#N)cc2)[C@@H]1O)C(=O)OC. The third-order valence-corrected chi connectivity index (χ3v) is 4.63. The smallest absolute Gasteiger partial charge is 0.407 e. The molecule has 2 amide bonds. The molecule has 1 aliphatic heterocycles. The molecule has 1 heterocycles. The summed E-state index contributed by atoms with van der Waals surface area (Å²) in [4.78, 5) is 41.2. The van der Waals surface area contributed by atoms with Gasteiger partial charge in [-0.05, 0) is 18.6 Å². The second-order valence-corrected chi connectivity index (χ2v) is 6.97. The number of oxime groups is 1. The normalized spacial score (nSPS) is 17.9. The van der Waals surface area contributed by atoms with E-state index in [1.807, 2.05) is 13.0 Å². The molecule has 0 fully saturated rings. The van der Waals surface area contributed by atoms with Gasteiger partial charge in [0.1, 0.15) is 17.9 Å². The molecule has 1 aromatic carbocycles. The van der Waals surface area contributed by atoms with E-state index in [-0.39, 0.29) is 25.3 Å². The first-order chi connectivity index (χ1) is 15.4. The molecular weight excluding hydrogens is 420 g/mol. The molecule has 1 aromatic rings. The van der Waals surface area contributed by atoms with E-state index in [1.54, 1.807) is 24.3 Å². The van der Waals surface area contributed by atoms with Crippen LogP contribution in [-0.4, -0.2) is 67.3 Å². The number of carbonyl (C=O) groups excluding carboxylic acids is 3. The van der Waals surface area contributed by atoms with Crippen LogP contribution in [0.1, 0.15) is 37.3 Å². The van der Waals surface area contributed by atoms with Crippen molar-refractivity contribution in [3.05, 3.63) is 35.4 Å². The predicted molar refractivity (Wildman–Crippen MR) is 111 cm³/mol. The van der Waals surface area contributed by atoms with Gasteiger partial charge in [-0.15, -0.1) is 0 Å². The minimum atomic E-state index is -1.16. The topological polar surface area (TPSA) is 159 Å². The van der Waals surface area contributed by atoms with Gasteiger partial charge in [0.05, 0.1) is 31.8 Å². The van der Waals surface area contributed by atoms with E-state index in [4.69, 9.17) is 14.8 Å². The first-order valence-electron chi connectivity index (χ1n) is 10.1. The number of alkyl carbamates (subject to hydrolysis) is 1. The van der Waals surface area contributed by atoms with Gasteiger partial charge in [-0.2, -0.15) is 5.26 Å². The molecule has 0 bridgehead atoms. The van der Waals surface area contributed by atoms with Crippen molar-refractivity contribution in [2.75, 3.05) is 20.3 Å². The van der Waals surface area contributed by atoms with Crippen molar-refractivity contribution < 1.29 is 33.8 Å². The van der Waals surface area contributed by atoms with Gasteiger partial charge in [0.25, 0.3) is 0 Å². The molecule has 3 atom stereocenters. The van der Waals surface area contributed by atoms with Crippen molar-refractivity contribution in [3.63, 3.8) is 0 Å². The molecule has 0 aromatic heterocycles. The van der Waals surface area contributed by atoms with E-state index in [0.717, 1.165) is 13.5 Å². The predicted octanol–water partition coefficient (Wildman–Crippen LogP) is 0.596. The molecule has 11 nitrogen and oxygen atoms in total. The summed E-state index contributed by atoms with van der Waals surface area (Å²) >= 11 is 0. The summed E-state index contributed by atoms with van der Waals surface area (Å²) in [6, 6.07) is 7.27. The monoisotopic (exact) mass is 446 g/mol. The number of nitriles is 1. The number of unbranched alkanes of at least 4 members (excludes halogenated alkanes) is 1. The zero-order chi connectivity index (χ0) is 23.5. The van der Waals surface area contributed by atoms with Gasteiger partial charge in [-0.25, -0.2) is 9.59 Å². The maximum absolute atomic E-state index is 12.3. The number of amides is 2. The summed E-state index contributed by atoms with van der Waals surface area (Å²) in [6.45, 7) is 1.92. The first-order valence-corrected chi connectivity index (χ1v) is 10.1. The third kappa shape index (κ3) is 6.95. The van der Waals surface area contributed by atoms with Crippen molar-refractivity contribution in [1.82, 2.24) is 10.6 Å². The van der Waals surface area contributed by atoms with E-state index in [1.165, 1.54) is 0 Å². The summed E-state index contributed by atoms with van der Waals surface area (Å²) in [5, 5.41) is 28.0. The zero-order valence-corrected chi connectivity index (χ0v) is 17.9. The van der Waals surface area contributed by atoms with Crippen LogP contribution in [0.25, 0.3) is 0 Å². The summed E-state index contributed by atoms with van der Waals surface area (Å²) in [7, 11) is 1.16. The number of methoxy groups -OCH3 is 1. The number of carbonyl (C=O) groups is 3. The third-order valence-electron chi connectivity index (χ3n) is 4.63. The molecule has 32 heavy (non-hydrogen) atoms. The van der Waals surface area contributed by atoms with Crippen LogP contribution in [0.15, 0.2) is 29.4 Å². The van der Waals surface area contributed by atoms with Crippen LogP contribution in [0.4, 0.5) is 4.79 Å². The number of rotatable bonds is 10. The molecule has 0 radical (unpaired) electrons. The Kier molecular flexibility index (Phi) is 9.43. The van der Waals surface area contributed by atoms with Crippen LogP contribution in [0.2, 0.25) is 0 Å². The molecule has 0 aliphatic carbocycles. The van der Waals surface area contributed by atoms with Crippen LogP contribution < -0.4 is 10.6 Å². The molecule has 0 spiro atoms. The average molecular weight is 446 g/mol. The average Bonchev–Trinajstić information content (AvgIpc) is 3.16. The lowest BCUT2D eigenvalue weighted by atomic mass is 9.99. The Morgan fingerprint density at radius 3 is 2.66 bits per heavy atom. The highest BCUT2D eigenvalue weighted by molar-refractivity contribution is 6.04.